The molecule has 29 heavy (non-hydrogen) atoms. The third kappa shape index (κ3) is 5.84. The minimum atomic E-state index is -0.331. The van der Waals surface area contributed by atoms with Crippen molar-refractivity contribution < 1.29 is 18.7 Å². The van der Waals surface area contributed by atoms with Crippen molar-refractivity contribution in [3.63, 3.8) is 0 Å². The van der Waals surface area contributed by atoms with Crippen molar-refractivity contribution in [2.24, 2.45) is 0 Å². The lowest BCUT2D eigenvalue weighted by molar-refractivity contribution is -0.133. The molecule has 2 aromatic rings. The van der Waals surface area contributed by atoms with Crippen LogP contribution in [0.3, 0.4) is 0 Å². The Kier molecular flexibility index (Phi) is 7.34. The van der Waals surface area contributed by atoms with Crippen molar-refractivity contribution in [3.8, 4) is 11.5 Å². The number of benzene rings is 2. The maximum atomic E-state index is 13.2. The van der Waals surface area contributed by atoms with E-state index in [4.69, 9.17) is 21.1 Å². The Morgan fingerprint density at radius 2 is 1.69 bits per heavy atom. The minimum absolute atomic E-state index is 0.145. The summed E-state index contributed by atoms with van der Waals surface area (Å²) in [4.78, 5) is 16.8. The van der Waals surface area contributed by atoms with Crippen LogP contribution in [0.5, 0.6) is 11.5 Å². The summed E-state index contributed by atoms with van der Waals surface area (Å²) in [6, 6.07) is 10.2. The molecule has 1 heterocycles. The second-order valence-corrected chi connectivity index (χ2v) is 7.52. The van der Waals surface area contributed by atoms with Crippen LogP contribution in [0.15, 0.2) is 36.4 Å². The van der Waals surface area contributed by atoms with E-state index in [2.05, 4.69) is 4.90 Å². The van der Waals surface area contributed by atoms with Crippen LogP contribution in [-0.4, -0.2) is 56.1 Å². The summed E-state index contributed by atoms with van der Waals surface area (Å²) in [5.41, 5.74) is 1.92. The first kappa shape index (κ1) is 21.4. The molecule has 156 valence electrons. The third-order valence-electron chi connectivity index (χ3n) is 5.17. The highest BCUT2D eigenvalue weighted by Gasteiger charge is 2.21. The molecule has 5 nitrogen and oxygen atoms in total. The van der Waals surface area contributed by atoms with Crippen LogP contribution < -0.4 is 9.47 Å². The van der Waals surface area contributed by atoms with Gasteiger partial charge in [0.05, 0.1) is 14.2 Å². The molecule has 2 aromatic carbocycles. The number of rotatable bonds is 7. The van der Waals surface area contributed by atoms with Gasteiger partial charge in [-0.15, -0.1) is 0 Å². The highest BCUT2D eigenvalue weighted by atomic mass is 35.5. The van der Waals surface area contributed by atoms with E-state index in [9.17, 15) is 9.18 Å². The summed E-state index contributed by atoms with van der Waals surface area (Å²) < 4.78 is 23.8. The topological polar surface area (TPSA) is 42.0 Å². The van der Waals surface area contributed by atoms with E-state index in [0.29, 0.717) is 37.5 Å². The largest absolute Gasteiger partial charge is 0.497 e. The lowest BCUT2D eigenvalue weighted by Gasteiger charge is -2.35. The van der Waals surface area contributed by atoms with Crippen LogP contribution in [0, 0.1) is 5.82 Å². The summed E-state index contributed by atoms with van der Waals surface area (Å²) in [5, 5.41) is 0.442. The summed E-state index contributed by atoms with van der Waals surface area (Å²) in [6.45, 7) is 3.56. The van der Waals surface area contributed by atoms with Gasteiger partial charge in [-0.25, -0.2) is 4.39 Å². The molecule has 7 heteroatoms. The smallest absolute Gasteiger partial charge is 0.222 e. The molecule has 1 saturated heterocycles. The molecule has 3 rings (SSSR count). The number of ether oxygens (including phenoxy) is 2. The van der Waals surface area contributed by atoms with Crippen LogP contribution in [0.25, 0.3) is 0 Å². The van der Waals surface area contributed by atoms with Crippen LogP contribution >= 0.6 is 11.6 Å². The Balaban J connectivity index is 1.49. The summed E-state index contributed by atoms with van der Waals surface area (Å²) in [6.07, 6.45) is 1.08. The van der Waals surface area contributed by atoms with Gasteiger partial charge < -0.3 is 14.4 Å². The molecule has 0 aliphatic carbocycles. The zero-order valence-corrected chi connectivity index (χ0v) is 17.5. The lowest BCUT2D eigenvalue weighted by atomic mass is 10.1. The molecule has 1 aliphatic heterocycles. The molecule has 0 spiro atoms. The van der Waals surface area contributed by atoms with Crippen molar-refractivity contribution in [2.45, 2.75) is 19.4 Å². The van der Waals surface area contributed by atoms with Crippen LogP contribution in [-0.2, 0) is 17.8 Å². The zero-order valence-electron chi connectivity index (χ0n) is 16.8. The predicted molar refractivity (Wildman–Crippen MR) is 111 cm³/mol. The van der Waals surface area contributed by atoms with Crippen LogP contribution in [0.4, 0.5) is 4.39 Å². The Morgan fingerprint density at radius 1 is 1.03 bits per heavy atom. The molecule has 0 saturated carbocycles. The van der Waals surface area contributed by atoms with E-state index in [0.717, 1.165) is 35.7 Å². The molecule has 0 N–H and O–H groups in total. The predicted octanol–water partition coefficient (Wildman–Crippen LogP) is 3.77. The number of nitrogens with zero attached hydrogens (tertiary/aromatic N) is 2. The second kappa shape index (κ2) is 9.94. The average molecular weight is 421 g/mol. The molecule has 0 bridgehead atoms. The minimum Gasteiger partial charge on any atom is -0.497 e. The van der Waals surface area contributed by atoms with E-state index in [1.807, 2.05) is 23.1 Å². The molecule has 0 unspecified atom stereocenters. The van der Waals surface area contributed by atoms with Crippen molar-refractivity contribution in [1.29, 1.82) is 0 Å². The summed E-state index contributed by atoms with van der Waals surface area (Å²) in [5.74, 6) is 1.26. The van der Waals surface area contributed by atoms with Crippen LogP contribution in [0.2, 0.25) is 5.02 Å². The SMILES string of the molecule is COc1cc(CCC(=O)N2CCN(Cc3ccc(F)cc3Cl)CC2)cc(OC)c1. The number of hydrogen-bond acceptors (Lipinski definition) is 4. The van der Waals surface area contributed by atoms with E-state index in [-0.39, 0.29) is 11.7 Å². The number of carbonyl (C=O) groups excluding carboxylic acids is 1. The second-order valence-electron chi connectivity index (χ2n) is 7.11. The first-order valence-electron chi connectivity index (χ1n) is 9.64. The van der Waals surface area contributed by atoms with Gasteiger partial charge in [-0.2, -0.15) is 0 Å². The molecule has 0 radical (unpaired) electrons. The Labute approximate surface area is 176 Å². The van der Waals surface area contributed by atoms with Crippen molar-refractivity contribution in [2.75, 3.05) is 40.4 Å². The van der Waals surface area contributed by atoms with Gasteiger partial charge in [0.15, 0.2) is 0 Å². The highest BCUT2D eigenvalue weighted by Crippen LogP contribution is 2.24. The number of carbonyl (C=O) groups is 1. The molecule has 0 atom stereocenters. The van der Waals surface area contributed by atoms with Gasteiger partial charge in [-0.1, -0.05) is 17.7 Å². The van der Waals surface area contributed by atoms with E-state index >= 15 is 0 Å². The fourth-order valence-electron chi connectivity index (χ4n) is 3.47. The third-order valence-corrected chi connectivity index (χ3v) is 5.52. The average Bonchev–Trinajstić information content (AvgIpc) is 2.74. The number of halogens is 2. The first-order valence-corrected chi connectivity index (χ1v) is 10.0. The van der Waals surface area contributed by atoms with Crippen LogP contribution in [0.1, 0.15) is 17.5 Å². The monoisotopic (exact) mass is 420 g/mol. The normalized spacial score (nSPS) is 14.7. The lowest BCUT2D eigenvalue weighted by Crippen LogP contribution is -2.48. The van der Waals surface area contributed by atoms with Crippen molar-refractivity contribution in [1.82, 2.24) is 9.80 Å². The summed E-state index contributed by atoms with van der Waals surface area (Å²) >= 11 is 6.12. The van der Waals surface area contributed by atoms with Gasteiger partial charge in [-0.05, 0) is 41.8 Å². The Hall–Kier alpha value is -2.31. The Morgan fingerprint density at radius 3 is 2.28 bits per heavy atom. The van der Waals surface area contributed by atoms with Gasteiger partial charge in [0.25, 0.3) is 0 Å². The first-order chi connectivity index (χ1) is 14.0. The molecular formula is C22H26ClFN2O3. The van der Waals surface area contributed by atoms with Gasteiger partial charge in [0.1, 0.15) is 17.3 Å². The summed E-state index contributed by atoms with van der Waals surface area (Å²) in [7, 11) is 3.23. The number of amides is 1. The zero-order chi connectivity index (χ0) is 20.8. The molecule has 1 fully saturated rings. The number of methoxy groups -OCH3 is 2. The van der Waals surface area contributed by atoms with E-state index in [1.54, 1.807) is 20.3 Å². The van der Waals surface area contributed by atoms with Gasteiger partial charge in [-0.3, -0.25) is 9.69 Å². The van der Waals surface area contributed by atoms with Gasteiger partial charge in [0, 0.05) is 50.2 Å². The van der Waals surface area contributed by atoms with E-state index in [1.165, 1.54) is 12.1 Å². The fraction of sp³-hybridized carbons (Fsp3) is 0.409. The Bertz CT molecular complexity index is 832. The number of piperazine rings is 1. The molecular weight excluding hydrogens is 395 g/mol. The number of aryl methyl sites for hydroxylation is 1. The van der Waals surface area contributed by atoms with Crippen molar-refractivity contribution >= 4 is 17.5 Å². The van der Waals surface area contributed by atoms with E-state index < -0.39 is 0 Å². The number of hydrogen-bond donors (Lipinski definition) is 0. The maximum absolute atomic E-state index is 13.2. The highest BCUT2D eigenvalue weighted by molar-refractivity contribution is 6.31. The quantitative estimate of drug-likeness (QED) is 0.683. The van der Waals surface area contributed by atoms with Gasteiger partial charge in [0.2, 0.25) is 5.91 Å². The maximum Gasteiger partial charge on any atom is 0.222 e. The standard InChI is InChI=1S/C22H26ClFN2O3/c1-28-19-11-16(12-20(14-19)29-2)3-6-22(27)26-9-7-25(8-10-26)15-17-4-5-18(24)13-21(17)23/h4-5,11-14H,3,6-10,15H2,1-2H3. The van der Waals surface area contributed by atoms with Crippen molar-refractivity contribution in [3.05, 3.63) is 58.4 Å². The van der Waals surface area contributed by atoms with Gasteiger partial charge >= 0.3 is 0 Å². The molecule has 0 aromatic heterocycles. The molecule has 1 amide bonds. The molecule has 1 aliphatic rings. The fourth-order valence-corrected chi connectivity index (χ4v) is 3.69.